The van der Waals surface area contributed by atoms with Crippen molar-refractivity contribution >= 4 is 16.8 Å². The molecule has 2 bridgehead atoms. The van der Waals surface area contributed by atoms with Gasteiger partial charge in [-0.05, 0) is 43.2 Å². The molecule has 0 aromatic rings. The van der Waals surface area contributed by atoms with Crippen LogP contribution in [-0.4, -0.2) is 5.24 Å². The van der Waals surface area contributed by atoms with Crippen molar-refractivity contribution in [1.82, 2.24) is 0 Å². The lowest BCUT2D eigenvalue weighted by Crippen LogP contribution is -2.30. The van der Waals surface area contributed by atoms with Crippen molar-refractivity contribution in [2.45, 2.75) is 32.6 Å². The summed E-state index contributed by atoms with van der Waals surface area (Å²) in [6.07, 6.45) is 6.18. The zero-order valence-electron chi connectivity index (χ0n) is 7.27. The van der Waals surface area contributed by atoms with Gasteiger partial charge < -0.3 is 0 Å². The van der Waals surface area contributed by atoms with Gasteiger partial charge in [0.15, 0.2) is 0 Å². The highest BCUT2D eigenvalue weighted by Crippen LogP contribution is 2.50. The van der Waals surface area contributed by atoms with Crippen molar-refractivity contribution in [2.75, 3.05) is 0 Å². The van der Waals surface area contributed by atoms with Gasteiger partial charge in [0, 0.05) is 0 Å². The Morgan fingerprint density at radius 3 is 3.17 bits per heavy atom. The molecule has 0 N–H and O–H groups in total. The topological polar surface area (TPSA) is 17.1 Å². The third kappa shape index (κ3) is 1.11. The third-order valence-corrected chi connectivity index (χ3v) is 3.51. The lowest BCUT2D eigenvalue weighted by atomic mass is 9.72. The zero-order chi connectivity index (χ0) is 8.77. The molecule has 1 saturated carbocycles. The largest absolute Gasteiger partial charge is 0.281 e. The molecule has 2 aliphatic carbocycles. The van der Waals surface area contributed by atoms with E-state index in [1.165, 1.54) is 12.0 Å². The molecule has 2 heteroatoms. The molecule has 1 fully saturated rings. The molecule has 0 aromatic heterocycles. The molecule has 1 nitrogen and oxygen atoms in total. The van der Waals surface area contributed by atoms with Crippen molar-refractivity contribution < 1.29 is 4.79 Å². The van der Waals surface area contributed by atoms with Crippen LogP contribution in [0.2, 0.25) is 0 Å². The Morgan fingerprint density at radius 2 is 2.50 bits per heavy atom. The normalized spacial score (nSPS) is 39.5. The molecule has 0 radical (unpaired) electrons. The summed E-state index contributed by atoms with van der Waals surface area (Å²) in [4.78, 5) is 11.3. The van der Waals surface area contributed by atoms with E-state index in [-0.39, 0.29) is 10.7 Å². The van der Waals surface area contributed by atoms with Gasteiger partial charge >= 0.3 is 0 Å². The van der Waals surface area contributed by atoms with Crippen molar-refractivity contribution in [3.8, 4) is 0 Å². The number of carbonyl (C=O) groups excluding carboxylic acids is 1. The van der Waals surface area contributed by atoms with Crippen LogP contribution in [0.25, 0.3) is 0 Å². The monoisotopic (exact) mass is 184 g/mol. The Bertz CT molecular complexity index is 257. The molecular formula is C10H13ClO. The van der Waals surface area contributed by atoms with E-state index >= 15 is 0 Å². The first kappa shape index (κ1) is 8.31. The Morgan fingerprint density at radius 1 is 1.75 bits per heavy atom. The van der Waals surface area contributed by atoms with E-state index in [1.54, 1.807) is 0 Å². The van der Waals surface area contributed by atoms with Crippen LogP contribution in [0, 0.1) is 11.3 Å². The summed E-state index contributed by atoms with van der Waals surface area (Å²) in [5.41, 5.74) is 1.25. The Kier molecular flexibility index (Phi) is 1.80. The number of allylic oxidation sites excluding steroid dienone is 2. The molecule has 66 valence electrons. The van der Waals surface area contributed by atoms with Gasteiger partial charge in [-0.25, -0.2) is 0 Å². The highest BCUT2D eigenvalue weighted by molar-refractivity contribution is 6.64. The summed E-state index contributed by atoms with van der Waals surface area (Å²) in [6.45, 7) is 2.20. The molecule has 0 aromatic carbocycles. The summed E-state index contributed by atoms with van der Waals surface area (Å²) >= 11 is 5.63. The minimum atomic E-state index is -0.200. The molecule has 0 saturated heterocycles. The Balaban J connectivity index is 2.26. The average Bonchev–Trinajstić information content (AvgIpc) is 2.28. The van der Waals surface area contributed by atoms with E-state index in [2.05, 4.69) is 13.0 Å². The fourth-order valence-electron chi connectivity index (χ4n) is 2.65. The maximum atomic E-state index is 11.3. The minimum Gasteiger partial charge on any atom is -0.281 e. The maximum Gasteiger partial charge on any atom is 0.228 e. The minimum absolute atomic E-state index is 0.125. The number of hydrogen-bond acceptors (Lipinski definition) is 1. The summed E-state index contributed by atoms with van der Waals surface area (Å²) < 4.78 is 0. The molecule has 0 aliphatic heterocycles. The van der Waals surface area contributed by atoms with Crippen LogP contribution in [0.15, 0.2) is 11.6 Å². The van der Waals surface area contributed by atoms with E-state index in [0.717, 1.165) is 19.3 Å². The lowest BCUT2D eigenvalue weighted by molar-refractivity contribution is -0.121. The van der Waals surface area contributed by atoms with Crippen molar-refractivity contribution in [2.24, 2.45) is 11.3 Å². The van der Waals surface area contributed by atoms with Gasteiger partial charge in [0.1, 0.15) is 0 Å². The van der Waals surface area contributed by atoms with E-state index in [0.29, 0.717) is 5.92 Å². The van der Waals surface area contributed by atoms with Crippen LogP contribution in [0.3, 0.4) is 0 Å². The van der Waals surface area contributed by atoms with Crippen molar-refractivity contribution in [3.63, 3.8) is 0 Å². The van der Waals surface area contributed by atoms with Crippen molar-refractivity contribution in [1.29, 1.82) is 0 Å². The molecule has 2 rings (SSSR count). The van der Waals surface area contributed by atoms with Gasteiger partial charge in [-0.3, -0.25) is 4.79 Å². The highest BCUT2D eigenvalue weighted by atomic mass is 35.5. The smallest absolute Gasteiger partial charge is 0.228 e. The second-order valence-corrected chi connectivity index (χ2v) is 4.65. The van der Waals surface area contributed by atoms with Gasteiger partial charge in [0.25, 0.3) is 0 Å². The molecule has 2 atom stereocenters. The summed E-state index contributed by atoms with van der Waals surface area (Å²) in [6, 6.07) is 0. The van der Waals surface area contributed by atoms with Gasteiger partial charge in [-0.2, -0.15) is 0 Å². The Hall–Kier alpha value is -0.300. The standard InChI is InChI=1S/C10H13ClO/c1-7-4-8-2-3-10(5-7,6-8)9(11)12/h2,7H,3-6H2,1H3. The molecule has 2 aliphatic rings. The van der Waals surface area contributed by atoms with Gasteiger partial charge in [-0.1, -0.05) is 18.6 Å². The van der Waals surface area contributed by atoms with Crippen molar-refractivity contribution in [3.05, 3.63) is 11.6 Å². The van der Waals surface area contributed by atoms with Crippen LogP contribution in [0.4, 0.5) is 0 Å². The third-order valence-electron chi connectivity index (χ3n) is 3.11. The van der Waals surface area contributed by atoms with Crippen LogP contribution < -0.4 is 0 Å². The van der Waals surface area contributed by atoms with Crippen LogP contribution in [0.1, 0.15) is 32.6 Å². The predicted molar refractivity (Wildman–Crippen MR) is 49.0 cm³/mol. The molecule has 2 unspecified atom stereocenters. The first-order chi connectivity index (χ1) is 5.62. The molecule has 0 spiro atoms. The maximum absolute atomic E-state index is 11.3. The number of carbonyl (C=O) groups is 1. The van der Waals surface area contributed by atoms with Crippen LogP contribution in [0.5, 0.6) is 0 Å². The van der Waals surface area contributed by atoms with E-state index < -0.39 is 0 Å². The van der Waals surface area contributed by atoms with E-state index in [9.17, 15) is 4.79 Å². The first-order valence-electron chi connectivity index (χ1n) is 4.50. The Labute approximate surface area is 77.8 Å². The summed E-state index contributed by atoms with van der Waals surface area (Å²) in [7, 11) is 0. The van der Waals surface area contributed by atoms with Crippen LogP contribution in [-0.2, 0) is 4.79 Å². The highest BCUT2D eigenvalue weighted by Gasteiger charge is 2.44. The second kappa shape index (κ2) is 2.59. The zero-order valence-corrected chi connectivity index (χ0v) is 8.03. The van der Waals surface area contributed by atoms with Gasteiger partial charge in [-0.15, -0.1) is 0 Å². The lowest BCUT2D eigenvalue weighted by Gasteiger charge is -2.32. The van der Waals surface area contributed by atoms with E-state index in [1.807, 2.05) is 0 Å². The molecule has 12 heavy (non-hydrogen) atoms. The number of hydrogen-bond donors (Lipinski definition) is 0. The SMILES string of the molecule is CC1CC2=CCC(C(=O)Cl)(C2)C1. The fraction of sp³-hybridized carbons (Fsp3) is 0.700. The quantitative estimate of drug-likeness (QED) is 0.453. The fourth-order valence-corrected chi connectivity index (χ4v) is 2.87. The molecule has 0 amide bonds. The van der Waals surface area contributed by atoms with Gasteiger partial charge in [0.05, 0.1) is 5.41 Å². The van der Waals surface area contributed by atoms with Crippen LogP contribution >= 0.6 is 11.6 Å². The summed E-state index contributed by atoms with van der Waals surface area (Å²) in [5, 5.41) is -0.125. The molecule has 0 heterocycles. The molecular weight excluding hydrogens is 172 g/mol. The van der Waals surface area contributed by atoms with Gasteiger partial charge in [0.2, 0.25) is 5.24 Å². The average molecular weight is 185 g/mol. The summed E-state index contributed by atoms with van der Waals surface area (Å²) in [5.74, 6) is 0.634. The van der Waals surface area contributed by atoms with E-state index in [4.69, 9.17) is 11.6 Å². The number of rotatable bonds is 1. The number of halogens is 1. The first-order valence-corrected chi connectivity index (χ1v) is 4.88. The second-order valence-electron chi connectivity index (χ2n) is 4.31. The number of fused-ring (bicyclic) bond motifs is 2. The predicted octanol–water partition coefficient (Wildman–Crippen LogP) is 2.89.